The number of anilines is 1. The van der Waals surface area contributed by atoms with Crippen LogP contribution >= 0.6 is 0 Å². The summed E-state index contributed by atoms with van der Waals surface area (Å²) in [5.74, 6) is -0.0659. The second-order valence-electron chi connectivity index (χ2n) is 5.64. The van der Waals surface area contributed by atoms with Gasteiger partial charge in [0.1, 0.15) is 6.42 Å². The van der Waals surface area contributed by atoms with E-state index in [-0.39, 0.29) is 18.2 Å². The topological polar surface area (TPSA) is 49.4 Å². The van der Waals surface area contributed by atoms with Crippen molar-refractivity contribution in [2.45, 2.75) is 46.0 Å². The Labute approximate surface area is 127 Å². The van der Waals surface area contributed by atoms with Gasteiger partial charge >= 0.3 is 0 Å². The fraction of sp³-hybridized carbons (Fsp3) is 0.529. The minimum absolute atomic E-state index is 0.105. The molecule has 0 aliphatic rings. The Bertz CT molecular complexity index is 483. The van der Waals surface area contributed by atoms with Gasteiger partial charge in [-0.25, -0.2) is 0 Å². The van der Waals surface area contributed by atoms with Crippen LogP contribution in [0.1, 0.15) is 51.5 Å². The molecule has 0 aliphatic carbocycles. The van der Waals surface area contributed by atoms with Crippen molar-refractivity contribution < 1.29 is 9.59 Å². The van der Waals surface area contributed by atoms with Crippen LogP contribution in [0.3, 0.4) is 0 Å². The molecule has 1 rings (SSSR count). The Kier molecular flexibility index (Phi) is 6.92. The summed E-state index contributed by atoms with van der Waals surface area (Å²) in [6.07, 6.45) is 1.89. The van der Waals surface area contributed by atoms with E-state index < -0.39 is 0 Å². The first-order chi connectivity index (χ1) is 9.95. The summed E-state index contributed by atoms with van der Waals surface area (Å²) in [5, 5.41) is 2.85. The Morgan fingerprint density at radius 3 is 2.52 bits per heavy atom. The minimum Gasteiger partial charge on any atom is -0.345 e. The number of hydrogen-bond acceptors (Lipinski definition) is 2. The average Bonchev–Trinajstić information content (AvgIpc) is 2.44. The lowest BCUT2D eigenvalue weighted by Crippen LogP contribution is -2.31. The number of rotatable bonds is 7. The lowest BCUT2D eigenvalue weighted by atomic mass is 10.0. The summed E-state index contributed by atoms with van der Waals surface area (Å²) >= 11 is 0. The van der Waals surface area contributed by atoms with Crippen molar-refractivity contribution in [2.75, 3.05) is 18.9 Å². The number of unbranched alkanes of at least 4 members (excludes halogenated alkanes) is 1. The summed E-state index contributed by atoms with van der Waals surface area (Å²) in [6.45, 7) is 6.93. The SMILES string of the molecule is CCCCN(C)C(=O)CC(=O)Nc1ccccc1C(C)C. The molecule has 0 unspecified atom stereocenters. The molecule has 1 aromatic rings. The second kappa shape index (κ2) is 8.45. The lowest BCUT2D eigenvalue weighted by molar-refractivity contribution is -0.133. The van der Waals surface area contributed by atoms with Gasteiger partial charge in [0.2, 0.25) is 11.8 Å². The van der Waals surface area contributed by atoms with Crippen molar-refractivity contribution in [3.05, 3.63) is 29.8 Å². The number of nitrogens with zero attached hydrogens (tertiary/aromatic N) is 1. The molecule has 1 N–H and O–H groups in total. The van der Waals surface area contributed by atoms with Gasteiger partial charge in [0, 0.05) is 19.3 Å². The molecule has 0 fully saturated rings. The molecule has 0 atom stereocenters. The summed E-state index contributed by atoms with van der Waals surface area (Å²) < 4.78 is 0. The van der Waals surface area contributed by atoms with Crippen LogP contribution in [0.25, 0.3) is 0 Å². The molecule has 4 nitrogen and oxygen atoms in total. The van der Waals surface area contributed by atoms with Crippen LogP contribution in [0.15, 0.2) is 24.3 Å². The summed E-state index contributed by atoms with van der Waals surface area (Å²) in [5.41, 5.74) is 1.87. The molecule has 2 amide bonds. The first kappa shape index (κ1) is 17.2. The van der Waals surface area contributed by atoms with Crippen molar-refractivity contribution >= 4 is 17.5 Å². The second-order valence-corrected chi connectivity index (χ2v) is 5.64. The maximum absolute atomic E-state index is 12.0. The van der Waals surface area contributed by atoms with E-state index in [1.807, 2.05) is 24.3 Å². The molecule has 21 heavy (non-hydrogen) atoms. The maximum Gasteiger partial charge on any atom is 0.233 e. The lowest BCUT2D eigenvalue weighted by Gasteiger charge is -2.17. The Morgan fingerprint density at radius 1 is 1.24 bits per heavy atom. The van der Waals surface area contributed by atoms with Crippen molar-refractivity contribution in [2.24, 2.45) is 0 Å². The summed E-state index contributed by atoms with van der Waals surface area (Å²) in [7, 11) is 1.74. The van der Waals surface area contributed by atoms with E-state index in [4.69, 9.17) is 0 Å². The van der Waals surface area contributed by atoms with Gasteiger partial charge in [-0.3, -0.25) is 9.59 Å². The predicted molar refractivity (Wildman–Crippen MR) is 86.3 cm³/mol. The van der Waals surface area contributed by atoms with Crippen molar-refractivity contribution in [3.63, 3.8) is 0 Å². The quantitative estimate of drug-likeness (QED) is 0.782. The highest BCUT2D eigenvalue weighted by molar-refractivity contribution is 6.03. The monoisotopic (exact) mass is 290 g/mol. The van der Waals surface area contributed by atoms with Gasteiger partial charge in [0.25, 0.3) is 0 Å². The van der Waals surface area contributed by atoms with Crippen molar-refractivity contribution in [1.82, 2.24) is 4.90 Å². The van der Waals surface area contributed by atoms with E-state index in [1.165, 1.54) is 0 Å². The normalized spacial score (nSPS) is 10.5. The third kappa shape index (κ3) is 5.58. The van der Waals surface area contributed by atoms with Crippen LogP contribution in [0.5, 0.6) is 0 Å². The largest absolute Gasteiger partial charge is 0.345 e. The number of benzene rings is 1. The molecule has 4 heteroatoms. The van der Waals surface area contributed by atoms with Gasteiger partial charge in [-0.05, 0) is 24.0 Å². The Hall–Kier alpha value is -1.84. The minimum atomic E-state index is -0.253. The summed E-state index contributed by atoms with van der Waals surface area (Å²) in [4.78, 5) is 25.6. The van der Waals surface area contributed by atoms with Gasteiger partial charge in [0.05, 0.1) is 0 Å². The van der Waals surface area contributed by atoms with Crippen LogP contribution < -0.4 is 5.32 Å². The number of hydrogen-bond donors (Lipinski definition) is 1. The fourth-order valence-electron chi connectivity index (χ4n) is 2.10. The van der Waals surface area contributed by atoms with Crippen LogP contribution in [-0.4, -0.2) is 30.3 Å². The van der Waals surface area contributed by atoms with Gasteiger partial charge in [-0.1, -0.05) is 45.4 Å². The Morgan fingerprint density at radius 2 is 1.90 bits per heavy atom. The van der Waals surface area contributed by atoms with Crippen molar-refractivity contribution in [1.29, 1.82) is 0 Å². The van der Waals surface area contributed by atoms with E-state index in [9.17, 15) is 9.59 Å². The number of nitrogens with one attached hydrogen (secondary N) is 1. The molecule has 0 aromatic heterocycles. The molecule has 116 valence electrons. The molecular formula is C17H26N2O2. The predicted octanol–water partition coefficient (Wildman–Crippen LogP) is 3.40. The molecule has 0 aliphatic heterocycles. The molecule has 0 heterocycles. The van der Waals surface area contributed by atoms with E-state index in [0.717, 1.165) is 24.1 Å². The molecule has 0 radical (unpaired) electrons. The average molecular weight is 290 g/mol. The van der Waals surface area contributed by atoms with Crippen LogP contribution in [-0.2, 0) is 9.59 Å². The maximum atomic E-state index is 12.0. The number of para-hydroxylation sites is 1. The molecular weight excluding hydrogens is 264 g/mol. The highest BCUT2D eigenvalue weighted by atomic mass is 16.2. The number of carbonyl (C=O) groups is 2. The van der Waals surface area contributed by atoms with Crippen LogP contribution in [0, 0.1) is 0 Å². The van der Waals surface area contributed by atoms with Crippen LogP contribution in [0.4, 0.5) is 5.69 Å². The zero-order chi connectivity index (χ0) is 15.8. The standard InChI is InChI=1S/C17H26N2O2/c1-5-6-11-19(4)17(21)12-16(20)18-15-10-8-7-9-14(15)13(2)3/h7-10,13H,5-6,11-12H2,1-4H3,(H,18,20). The zero-order valence-electron chi connectivity index (χ0n) is 13.5. The molecule has 0 saturated carbocycles. The number of carbonyl (C=O) groups excluding carboxylic acids is 2. The van der Waals surface area contributed by atoms with Crippen LogP contribution in [0.2, 0.25) is 0 Å². The smallest absolute Gasteiger partial charge is 0.233 e. The zero-order valence-corrected chi connectivity index (χ0v) is 13.5. The van der Waals surface area contributed by atoms with Gasteiger partial charge in [0.15, 0.2) is 0 Å². The van der Waals surface area contributed by atoms with Gasteiger partial charge < -0.3 is 10.2 Å². The first-order valence-electron chi connectivity index (χ1n) is 7.58. The fourth-order valence-corrected chi connectivity index (χ4v) is 2.10. The van der Waals surface area contributed by atoms with Crippen molar-refractivity contribution in [3.8, 4) is 0 Å². The molecule has 0 spiro atoms. The third-order valence-electron chi connectivity index (χ3n) is 3.44. The highest BCUT2D eigenvalue weighted by Crippen LogP contribution is 2.23. The van der Waals surface area contributed by atoms with E-state index >= 15 is 0 Å². The van der Waals surface area contributed by atoms with E-state index in [1.54, 1.807) is 11.9 Å². The highest BCUT2D eigenvalue weighted by Gasteiger charge is 2.15. The van der Waals surface area contributed by atoms with E-state index in [2.05, 4.69) is 26.1 Å². The first-order valence-corrected chi connectivity index (χ1v) is 7.58. The number of amides is 2. The molecule has 0 saturated heterocycles. The third-order valence-corrected chi connectivity index (χ3v) is 3.44. The van der Waals surface area contributed by atoms with E-state index in [0.29, 0.717) is 12.5 Å². The Balaban J connectivity index is 2.60. The van der Waals surface area contributed by atoms with Gasteiger partial charge in [-0.15, -0.1) is 0 Å². The molecule has 1 aromatic carbocycles. The van der Waals surface area contributed by atoms with Gasteiger partial charge in [-0.2, -0.15) is 0 Å². The molecule has 0 bridgehead atoms. The summed E-state index contributed by atoms with van der Waals surface area (Å²) in [6, 6.07) is 7.71.